The number of rotatable bonds is 5. The summed E-state index contributed by atoms with van der Waals surface area (Å²) in [4.78, 5) is 20.4. The topological polar surface area (TPSA) is 52.1 Å². The fourth-order valence-corrected chi connectivity index (χ4v) is 3.36. The summed E-state index contributed by atoms with van der Waals surface area (Å²) < 4.78 is 4.95. The maximum atomic E-state index is 11.7. The molecule has 4 nitrogen and oxygen atoms in total. The summed E-state index contributed by atoms with van der Waals surface area (Å²) in [5, 5.41) is 1.13. The highest BCUT2D eigenvalue weighted by Crippen LogP contribution is 2.46. The third kappa shape index (κ3) is 3.40. The van der Waals surface area contributed by atoms with E-state index in [0.29, 0.717) is 34.5 Å². The van der Waals surface area contributed by atoms with Crippen LogP contribution in [0.5, 0.6) is 0 Å². The van der Waals surface area contributed by atoms with Crippen molar-refractivity contribution in [1.29, 1.82) is 0 Å². The molecule has 0 saturated heterocycles. The molecular weight excluding hydrogens is 347 g/mol. The van der Waals surface area contributed by atoms with E-state index >= 15 is 0 Å². The Morgan fingerprint density at radius 2 is 1.92 bits per heavy atom. The Morgan fingerprint density at radius 1 is 1.21 bits per heavy atom. The number of nitrogens with zero attached hydrogens (tertiary/aromatic N) is 2. The van der Waals surface area contributed by atoms with Gasteiger partial charge in [0.1, 0.15) is 5.82 Å². The lowest BCUT2D eigenvalue weighted by Crippen LogP contribution is -2.37. The Balaban J connectivity index is 1.80. The van der Waals surface area contributed by atoms with Crippen molar-refractivity contribution in [2.45, 2.75) is 38.0 Å². The second-order valence-corrected chi connectivity index (χ2v) is 6.86. The third-order valence-corrected chi connectivity index (χ3v) is 5.29. The Labute approximate surface area is 151 Å². The number of halogens is 2. The number of benzene rings is 1. The van der Waals surface area contributed by atoms with Gasteiger partial charge in [-0.25, -0.2) is 14.8 Å². The molecular formula is C18H18Cl2N2O2. The summed E-state index contributed by atoms with van der Waals surface area (Å²) in [7, 11) is 0. The molecule has 3 rings (SSSR count). The van der Waals surface area contributed by atoms with Crippen LogP contribution in [0.3, 0.4) is 0 Å². The molecule has 0 aliphatic heterocycles. The molecule has 1 aromatic carbocycles. The van der Waals surface area contributed by atoms with Crippen LogP contribution >= 0.6 is 23.2 Å². The van der Waals surface area contributed by atoms with Gasteiger partial charge in [0, 0.05) is 24.2 Å². The van der Waals surface area contributed by atoms with Gasteiger partial charge in [-0.05, 0) is 37.5 Å². The standard InChI is InChI=1S/C18H18Cl2N2O2/c1-2-24-17(23)12-10-21-16(22-11-12)9-18(6-3-7-18)13-4-5-14(19)15(20)8-13/h4-5,8,10-11H,2-3,6-7,9H2,1H3. The zero-order valence-electron chi connectivity index (χ0n) is 13.4. The van der Waals surface area contributed by atoms with E-state index in [1.807, 2.05) is 18.2 Å². The molecule has 0 N–H and O–H groups in total. The van der Waals surface area contributed by atoms with E-state index in [4.69, 9.17) is 27.9 Å². The highest BCUT2D eigenvalue weighted by Gasteiger charge is 2.39. The van der Waals surface area contributed by atoms with E-state index in [9.17, 15) is 4.79 Å². The zero-order valence-corrected chi connectivity index (χ0v) is 14.9. The van der Waals surface area contributed by atoms with Gasteiger partial charge >= 0.3 is 5.97 Å². The summed E-state index contributed by atoms with van der Waals surface area (Å²) in [6.07, 6.45) is 7.07. The smallest absolute Gasteiger partial charge is 0.341 e. The van der Waals surface area contributed by atoms with Crippen molar-refractivity contribution in [1.82, 2.24) is 9.97 Å². The molecule has 1 saturated carbocycles. The van der Waals surface area contributed by atoms with Gasteiger partial charge in [0.2, 0.25) is 0 Å². The number of carbonyl (C=O) groups excluding carboxylic acids is 1. The highest BCUT2D eigenvalue weighted by atomic mass is 35.5. The average molecular weight is 365 g/mol. The number of carbonyl (C=O) groups is 1. The van der Waals surface area contributed by atoms with Crippen LogP contribution in [0.1, 0.15) is 47.9 Å². The lowest BCUT2D eigenvalue weighted by Gasteiger charge is -2.42. The molecule has 0 amide bonds. The quantitative estimate of drug-likeness (QED) is 0.726. The molecule has 1 heterocycles. The van der Waals surface area contributed by atoms with E-state index < -0.39 is 5.97 Å². The predicted octanol–water partition coefficient (Wildman–Crippen LogP) is 4.62. The van der Waals surface area contributed by atoms with Crippen LogP contribution < -0.4 is 0 Å². The predicted molar refractivity (Wildman–Crippen MR) is 93.7 cm³/mol. The minimum absolute atomic E-state index is 0.000324. The zero-order chi connectivity index (χ0) is 17.2. The summed E-state index contributed by atoms with van der Waals surface area (Å²) in [5.41, 5.74) is 1.54. The molecule has 0 spiro atoms. The SMILES string of the molecule is CCOC(=O)c1cnc(CC2(c3ccc(Cl)c(Cl)c3)CCC2)nc1. The fraction of sp³-hybridized carbons (Fsp3) is 0.389. The molecule has 1 fully saturated rings. The number of ether oxygens (including phenoxy) is 1. The van der Waals surface area contributed by atoms with E-state index in [0.717, 1.165) is 12.8 Å². The first kappa shape index (κ1) is 17.2. The summed E-state index contributed by atoms with van der Waals surface area (Å²) >= 11 is 12.2. The molecule has 24 heavy (non-hydrogen) atoms. The van der Waals surface area contributed by atoms with Crippen LogP contribution in [0.2, 0.25) is 10.0 Å². The number of aromatic nitrogens is 2. The van der Waals surface area contributed by atoms with Crippen molar-refractivity contribution in [2.24, 2.45) is 0 Å². The lowest BCUT2D eigenvalue weighted by atomic mass is 9.62. The second kappa shape index (κ2) is 7.08. The van der Waals surface area contributed by atoms with Gasteiger partial charge in [0.05, 0.1) is 22.2 Å². The van der Waals surface area contributed by atoms with E-state index in [1.54, 1.807) is 6.92 Å². The van der Waals surface area contributed by atoms with Gasteiger partial charge < -0.3 is 4.74 Å². The molecule has 0 radical (unpaired) electrons. The maximum absolute atomic E-state index is 11.7. The largest absolute Gasteiger partial charge is 0.462 e. The normalized spacial score (nSPS) is 15.6. The second-order valence-electron chi connectivity index (χ2n) is 6.05. The Hall–Kier alpha value is -1.65. The van der Waals surface area contributed by atoms with Crippen molar-refractivity contribution in [3.63, 3.8) is 0 Å². The van der Waals surface area contributed by atoms with Crippen molar-refractivity contribution in [3.8, 4) is 0 Å². The van der Waals surface area contributed by atoms with Crippen molar-refractivity contribution in [2.75, 3.05) is 6.61 Å². The van der Waals surface area contributed by atoms with E-state index in [1.165, 1.54) is 24.4 Å². The molecule has 2 aromatic rings. The van der Waals surface area contributed by atoms with E-state index in [-0.39, 0.29) is 5.41 Å². The van der Waals surface area contributed by atoms with Gasteiger partial charge in [0.25, 0.3) is 0 Å². The summed E-state index contributed by atoms with van der Waals surface area (Å²) in [5.74, 6) is 0.320. The first-order valence-corrected chi connectivity index (χ1v) is 8.73. The Kier molecular flexibility index (Phi) is 5.07. The van der Waals surface area contributed by atoms with Gasteiger partial charge in [-0.1, -0.05) is 35.7 Å². The van der Waals surface area contributed by atoms with E-state index in [2.05, 4.69) is 9.97 Å². The van der Waals surface area contributed by atoms with Gasteiger partial charge in [-0.2, -0.15) is 0 Å². The van der Waals surface area contributed by atoms with Crippen molar-refractivity contribution < 1.29 is 9.53 Å². The van der Waals surface area contributed by atoms with Crippen LogP contribution in [0.4, 0.5) is 0 Å². The monoisotopic (exact) mass is 364 g/mol. The van der Waals surface area contributed by atoms with Crippen LogP contribution in [-0.2, 0) is 16.6 Å². The first-order chi connectivity index (χ1) is 11.5. The van der Waals surface area contributed by atoms with Crippen molar-refractivity contribution in [3.05, 3.63) is 57.6 Å². The highest BCUT2D eigenvalue weighted by molar-refractivity contribution is 6.42. The molecule has 0 atom stereocenters. The molecule has 0 unspecified atom stereocenters. The summed E-state index contributed by atoms with van der Waals surface area (Å²) in [6.45, 7) is 2.10. The molecule has 0 bridgehead atoms. The molecule has 6 heteroatoms. The Morgan fingerprint density at radius 3 is 2.46 bits per heavy atom. The molecule has 1 aromatic heterocycles. The van der Waals surface area contributed by atoms with Gasteiger partial charge in [0.15, 0.2) is 0 Å². The van der Waals surface area contributed by atoms with Crippen molar-refractivity contribution >= 4 is 29.2 Å². The van der Waals surface area contributed by atoms with Crippen LogP contribution in [0.15, 0.2) is 30.6 Å². The number of hydrogen-bond acceptors (Lipinski definition) is 4. The maximum Gasteiger partial charge on any atom is 0.341 e. The fourth-order valence-electron chi connectivity index (χ4n) is 3.07. The molecule has 1 aliphatic carbocycles. The first-order valence-electron chi connectivity index (χ1n) is 7.98. The summed E-state index contributed by atoms with van der Waals surface area (Å²) in [6, 6.07) is 5.81. The Bertz CT molecular complexity index is 743. The van der Waals surface area contributed by atoms with Crippen LogP contribution in [-0.4, -0.2) is 22.5 Å². The number of esters is 1. The number of hydrogen-bond donors (Lipinski definition) is 0. The lowest BCUT2D eigenvalue weighted by molar-refractivity contribution is 0.0525. The average Bonchev–Trinajstić information content (AvgIpc) is 2.54. The minimum Gasteiger partial charge on any atom is -0.462 e. The minimum atomic E-state index is -0.396. The molecule has 126 valence electrons. The van der Waals surface area contributed by atoms with Crippen LogP contribution in [0, 0.1) is 0 Å². The molecule has 1 aliphatic rings. The van der Waals surface area contributed by atoms with Gasteiger partial charge in [-0.15, -0.1) is 0 Å². The van der Waals surface area contributed by atoms with Gasteiger partial charge in [-0.3, -0.25) is 0 Å². The third-order valence-electron chi connectivity index (χ3n) is 4.56. The van der Waals surface area contributed by atoms with Crippen LogP contribution in [0.25, 0.3) is 0 Å².